The molecule has 4 rings (SSSR count). The lowest BCUT2D eigenvalue weighted by Gasteiger charge is -2.13. The summed E-state index contributed by atoms with van der Waals surface area (Å²) in [5.41, 5.74) is 2.13. The van der Waals surface area contributed by atoms with Gasteiger partial charge in [0.2, 0.25) is 5.75 Å². The molecule has 8 nitrogen and oxygen atoms in total. The summed E-state index contributed by atoms with van der Waals surface area (Å²) in [6.07, 6.45) is 3.77. The number of carbonyl (C=O) groups excluding carboxylic acids is 1. The summed E-state index contributed by atoms with van der Waals surface area (Å²) in [6, 6.07) is 13.3. The Bertz CT molecular complexity index is 1430. The topological polar surface area (TPSA) is 88.1 Å². The summed E-state index contributed by atoms with van der Waals surface area (Å²) < 4.78 is 41.5. The van der Waals surface area contributed by atoms with Crippen LogP contribution < -0.4 is 29.0 Å². The predicted octanol–water partition coefficient (Wildman–Crippen LogP) is 5.66. The van der Waals surface area contributed by atoms with Crippen LogP contribution in [0.1, 0.15) is 11.1 Å². The summed E-state index contributed by atoms with van der Waals surface area (Å²) in [6.45, 7) is -0.263. The van der Waals surface area contributed by atoms with Crippen molar-refractivity contribution in [3.05, 3.63) is 65.5 Å². The first kappa shape index (κ1) is 25.8. The molecule has 1 amide bonds. The van der Waals surface area contributed by atoms with Crippen molar-refractivity contribution in [2.75, 3.05) is 40.4 Å². The zero-order valence-corrected chi connectivity index (χ0v) is 21.5. The number of halogens is 1. The highest BCUT2D eigenvalue weighted by Crippen LogP contribution is 2.39. The van der Waals surface area contributed by atoms with Gasteiger partial charge in [-0.05, 0) is 47.5 Å². The Morgan fingerprint density at radius 2 is 1.54 bits per heavy atom. The Labute approximate surface area is 217 Å². The lowest BCUT2D eigenvalue weighted by Crippen LogP contribution is -2.20. The van der Waals surface area contributed by atoms with Crippen LogP contribution in [0.25, 0.3) is 22.4 Å². The molecule has 10 heteroatoms. The molecule has 0 radical (unpaired) electrons. The van der Waals surface area contributed by atoms with Gasteiger partial charge < -0.3 is 23.7 Å². The molecule has 4 aromatic rings. The maximum Gasteiger partial charge on any atom is 0.264 e. The first-order valence-electron chi connectivity index (χ1n) is 11.1. The quantitative estimate of drug-likeness (QED) is 0.268. The van der Waals surface area contributed by atoms with Gasteiger partial charge >= 0.3 is 0 Å². The number of thiazole rings is 1. The predicted molar refractivity (Wildman–Crippen MR) is 142 cm³/mol. The molecule has 1 heterocycles. The Balaban J connectivity index is 1.46. The Morgan fingerprint density at radius 3 is 2.22 bits per heavy atom. The van der Waals surface area contributed by atoms with Crippen LogP contribution in [0.15, 0.2) is 48.5 Å². The molecule has 0 aliphatic heterocycles. The van der Waals surface area contributed by atoms with E-state index in [0.29, 0.717) is 39.4 Å². The number of anilines is 1. The molecule has 0 spiro atoms. The fourth-order valence-corrected chi connectivity index (χ4v) is 4.41. The van der Waals surface area contributed by atoms with E-state index in [2.05, 4.69) is 10.3 Å². The van der Waals surface area contributed by atoms with Gasteiger partial charge in [-0.2, -0.15) is 0 Å². The van der Waals surface area contributed by atoms with E-state index in [9.17, 15) is 9.18 Å². The van der Waals surface area contributed by atoms with E-state index >= 15 is 0 Å². The molecule has 0 aliphatic carbocycles. The highest BCUT2D eigenvalue weighted by atomic mass is 32.1. The molecule has 3 aromatic carbocycles. The lowest BCUT2D eigenvalue weighted by atomic mass is 10.1. The maximum absolute atomic E-state index is 13.4. The number of fused-ring (bicyclic) bond motifs is 1. The fraction of sp³-hybridized carbons (Fsp3) is 0.185. The van der Waals surface area contributed by atoms with Crippen molar-refractivity contribution in [3.8, 4) is 28.7 Å². The number of aromatic nitrogens is 1. The van der Waals surface area contributed by atoms with E-state index in [1.807, 2.05) is 30.4 Å². The van der Waals surface area contributed by atoms with Gasteiger partial charge in [-0.25, -0.2) is 9.37 Å². The Kier molecular flexibility index (Phi) is 8.09. The minimum absolute atomic E-state index is 0.263. The zero-order valence-electron chi connectivity index (χ0n) is 20.7. The van der Waals surface area contributed by atoms with Gasteiger partial charge in [-0.1, -0.05) is 29.6 Å². The second kappa shape index (κ2) is 11.6. The van der Waals surface area contributed by atoms with Crippen molar-refractivity contribution in [2.45, 2.75) is 0 Å². The van der Waals surface area contributed by atoms with Crippen molar-refractivity contribution in [2.24, 2.45) is 0 Å². The molecule has 0 saturated heterocycles. The van der Waals surface area contributed by atoms with E-state index in [0.717, 1.165) is 15.8 Å². The minimum atomic E-state index is -0.403. The van der Waals surface area contributed by atoms with Crippen LogP contribution in [0.2, 0.25) is 0 Å². The van der Waals surface area contributed by atoms with E-state index < -0.39 is 5.91 Å². The minimum Gasteiger partial charge on any atom is -0.493 e. The molecule has 0 unspecified atom stereocenters. The average molecular weight is 525 g/mol. The molecule has 0 bridgehead atoms. The van der Waals surface area contributed by atoms with Gasteiger partial charge in [0.15, 0.2) is 34.7 Å². The smallest absolute Gasteiger partial charge is 0.264 e. The lowest BCUT2D eigenvalue weighted by molar-refractivity contribution is -0.118. The van der Waals surface area contributed by atoms with Gasteiger partial charge in [0, 0.05) is 6.07 Å². The molecule has 0 fully saturated rings. The van der Waals surface area contributed by atoms with E-state index in [4.69, 9.17) is 23.7 Å². The Hall–Kier alpha value is -4.31. The number of carbonyl (C=O) groups is 1. The average Bonchev–Trinajstić information content (AvgIpc) is 3.31. The number of nitrogens with one attached hydrogen (secondary N) is 1. The Morgan fingerprint density at radius 1 is 0.865 bits per heavy atom. The number of nitrogens with zero attached hydrogens (tertiary/aromatic N) is 1. The number of methoxy groups -OCH3 is 4. The molecule has 0 atom stereocenters. The summed E-state index contributed by atoms with van der Waals surface area (Å²) in [5.74, 6) is 1.70. The maximum atomic E-state index is 13.4. The zero-order chi connectivity index (χ0) is 26.4. The number of rotatable bonds is 10. The molecular formula is C27H25FN2O6S. The number of hydrogen-bond acceptors (Lipinski definition) is 8. The largest absolute Gasteiger partial charge is 0.493 e. The van der Waals surface area contributed by atoms with Crippen LogP contribution in [0.3, 0.4) is 0 Å². The van der Waals surface area contributed by atoms with E-state index in [-0.39, 0.29) is 12.4 Å². The van der Waals surface area contributed by atoms with E-state index in [1.54, 1.807) is 39.5 Å². The summed E-state index contributed by atoms with van der Waals surface area (Å²) in [7, 11) is 6.19. The molecule has 192 valence electrons. The van der Waals surface area contributed by atoms with Crippen LogP contribution in [0.4, 0.5) is 9.52 Å². The van der Waals surface area contributed by atoms with Gasteiger partial charge in [-0.3, -0.25) is 10.1 Å². The highest BCUT2D eigenvalue weighted by Gasteiger charge is 2.13. The number of amides is 1. The third-order valence-electron chi connectivity index (χ3n) is 5.30. The third-order valence-corrected chi connectivity index (χ3v) is 6.25. The van der Waals surface area contributed by atoms with Crippen LogP contribution in [0, 0.1) is 5.82 Å². The summed E-state index contributed by atoms with van der Waals surface area (Å²) >= 11 is 1.25. The monoisotopic (exact) mass is 524 g/mol. The van der Waals surface area contributed by atoms with E-state index in [1.165, 1.54) is 30.6 Å². The number of benzene rings is 3. The van der Waals surface area contributed by atoms with Gasteiger partial charge in [-0.15, -0.1) is 0 Å². The second-order valence-corrected chi connectivity index (χ2v) is 8.70. The fourth-order valence-electron chi connectivity index (χ4n) is 3.55. The molecule has 0 saturated carbocycles. The number of ether oxygens (including phenoxy) is 5. The van der Waals surface area contributed by atoms with Crippen LogP contribution >= 0.6 is 11.3 Å². The first-order valence-corrected chi connectivity index (χ1v) is 11.9. The standard InChI is InChI=1S/C27H25FN2O6S/c1-32-20-9-7-16(5-6-17-12-22(33-2)26(35-4)23(13-17)34-3)11-21(20)36-15-25(31)30-27-29-19-14-18(28)8-10-24(19)37-27/h5-14H,15H2,1-4H3,(H,29,30,31)/b6-5-. The van der Waals surface area contributed by atoms with Crippen LogP contribution in [0.5, 0.6) is 28.7 Å². The van der Waals surface area contributed by atoms with Crippen molar-refractivity contribution < 1.29 is 32.9 Å². The van der Waals surface area contributed by atoms with Crippen molar-refractivity contribution in [1.82, 2.24) is 4.98 Å². The van der Waals surface area contributed by atoms with Crippen molar-refractivity contribution in [3.63, 3.8) is 0 Å². The molecule has 1 aromatic heterocycles. The second-order valence-electron chi connectivity index (χ2n) is 7.67. The van der Waals surface area contributed by atoms with Crippen molar-refractivity contribution in [1.29, 1.82) is 0 Å². The van der Waals surface area contributed by atoms with Gasteiger partial charge in [0.05, 0.1) is 38.7 Å². The molecule has 37 heavy (non-hydrogen) atoms. The number of hydrogen-bond donors (Lipinski definition) is 1. The molecular weight excluding hydrogens is 499 g/mol. The third kappa shape index (κ3) is 6.10. The highest BCUT2D eigenvalue weighted by molar-refractivity contribution is 7.22. The van der Waals surface area contributed by atoms with Gasteiger partial charge in [0.1, 0.15) is 5.82 Å². The summed E-state index contributed by atoms with van der Waals surface area (Å²) in [5, 5.41) is 3.05. The van der Waals surface area contributed by atoms with Crippen LogP contribution in [-0.4, -0.2) is 45.9 Å². The summed E-state index contributed by atoms with van der Waals surface area (Å²) in [4.78, 5) is 16.7. The first-order chi connectivity index (χ1) is 17.9. The van der Waals surface area contributed by atoms with Crippen LogP contribution in [-0.2, 0) is 4.79 Å². The van der Waals surface area contributed by atoms with Gasteiger partial charge in [0.25, 0.3) is 5.91 Å². The SMILES string of the molecule is COc1ccc(/C=C\c2cc(OC)c(OC)c(OC)c2)cc1OCC(=O)Nc1nc2cc(F)ccc2s1. The molecule has 1 N–H and O–H groups in total. The normalized spacial score (nSPS) is 10.9. The molecule has 0 aliphatic rings. The van der Waals surface area contributed by atoms with Crippen molar-refractivity contribution >= 4 is 44.7 Å².